The first-order valence-corrected chi connectivity index (χ1v) is 7.47. The highest BCUT2D eigenvalue weighted by Gasteiger charge is 2.33. The Kier molecular flexibility index (Phi) is 3.40. The van der Waals surface area contributed by atoms with Gasteiger partial charge in [-0.2, -0.15) is 0 Å². The number of rotatable bonds is 2. The molecule has 2 nitrogen and oxygen atoms in total. The summed E-state index contributed by atoms with van der Waals surface area (Å²) in [4.78, 5) is 0. The van der Waals surface area contributed by atoms with Crippen LogP contribution in [0.2, 0.25) is 0 Å². The van der Waals surface area contributed by atoms with Crippen LogP contribution in [0, 0.1) is 18.2 Å². The van der Waals surface area contributed by atoms with E-state index in [9.17, 15) is 9.50 Å². The number of halogens is 1. The van der Waals surface area contributed by atoms with Gasteiger partial charge < -0.3 is 9.67 Å². The van der Waals surface area contributed by atoms with Crippen molar-refractivity contribution in [3.05, 3.63) is 58.7 Å². The van der Waals surface area contributed by atoms with Crippen LogP contribution < -0.4 is 0 Å². The van der Waals surface area contributed by atoms with E-state index in [1.807, 2.05) is 6.07 Å². The number of nitrogens with zero attached hydrogens (tertiary/aromatic N) is 1. The molecule has 1 atom stereocenters. The van der Waals surface area contributed by atoms with Crippen molar-refractivity contribution < 1.29 is 9.50 Å². The number of fused-ring (bicyclic) bond motifs is 1. The molecule has 0 fully saturated rings. The maximum atomic E-state index is 13.4. The number of hydrogen-bond donors (Lipinski definition) is 1. The van der Waals surface area contributed by atoms with E-state index in [-0.39, 0.29) is 11.2 Å². The number of hydrogen-bond acceptors (Lipinski definition) is 1. The Morgan fingerprint density at radius 2 is 2.10 bits per heavy atom. The SMILES string of the molecule is Cc1cc2c(n1Cc1cccc(F)c1)CC(C)(C)CC2O. The van der Waals surface area contributed by atoms with Crippen molar-refractivity contribution in [1.29, 1.82) is 0 Å². The summed E-state index contributed by atoms with van der Waals surface area (Å²) in [6, 6.07) is 8.81. The lowest BCUT2D eigenvalue weighted by atomic mass is 9.75. The first kappa shape index (κ1) is 14.3. The van der Waals surface area contributed by atoms with Gasteiger partial charge in [0.15, 0.2) is 0 Å². The molecule has 3 rings (SSSR count). The second-order valence-corrected chi connectivity index (χ2v) is 6.96. The predicted molar refractivity (Wildman–Crippen MR) is 81.7 cm³/mol. The summed E-state index contributed by atoms with van der Waals surface area (Å²) >= 11 is 0. The molecule has 1 aromatic carbocycles. The lowest BCUT2D eigenvalue weighted by Gasteiger charge is -2.34. The summed E-state index contributed by atoms with van der Waals surface area (Å²) in [5, 5.41) is 10.4. The lowest BCUT2D eigenvalue weighted by Crippen LogP contribution is -2.27. The van der Waals surface area contributed by atoms with E-state index in [4.69, 9.17) is 0 Å². The number of aromatic nitrogens is 1. The zero-order valence-electron chi connectivity index (χ0n) is 12.9. The molecule has 1 aliphatic carbocycles. The van der Waals surface area contributed by atoms with Crippen LogP contribution in [0.4, 0.5) is 4.39 Å². The second-order valence-electron chi connectivity index (χ2n) is 6.96. The number of aryl methyl sites for hydroxylation is 1. The van der Waals surface area contributed by atoms with Gasteiger partial charge in [-0.3, -0.25) is 0 Å². The summed E-state index contributed by atoms with van der Waals surface area (Å²) in [5.74, 6) is -0.202. The molecular weight excluding hydrogens is 265 g/mol. The highest BCUT2D eigenvalue weighted by molar-refractivity contribution is 5.34. The Hall–Kier alpha value is -1.61. The molecule has 112 valence electrons. The predicted octanol–water partition coefficient (Wildman–Crippen LogP) is 3.99. The minimum atomic E-state index is -0.392. The van der Waals surface area contributed by atoms with Gasteiger partial charge in [-0.15, -0.1) is 0 Å². The van der Waals surface area contributed by atoms with Crippen molar-refractivity contribution in [1.82, 2.24) is 4.57 Å². The molecule has 1 aliphatic rings. The fourth-order valence-electron chi connectivity index (χ4n) is 3.44. The standard InChI is InChI=1S/C18H22FNO/c1-12-7-15-16(9-18(2,3)10-17(15)21)20(12)11-13-5-4-6-14(19)8-13/h4-8,17,21H,9-11H2,1-3H3. The Morgan fingerprint density at radius 1 is 1.33 bits per heavy atom. The molecule has 3 heteroatoms. The maximum Gasteiger partial charge on any atom is 0.123 e. The van der Waals surface area contributed by atoms with E-state index in [1.54, 1.807) is 12.1 Å². The number of aliphatic hydroxyl groups excluding tert-OH is 1. The number of benzene rings is 1. The highest BCUT2D eigenvalue weighted by Crippen LogP contribution is 2.42. The third-order valence-electron chi connectivity index (χ3n) is 4.43. The Balaban J connectivity index is 2.00. The van der Waals surface area contributed by atoms with Crippen molar-refractivity contribution >= 4 is 0 Å². The van der Waals surface area contributed by atoms with E-state index >= 15 is 0 Å². The third kappa shape index (κ3) is 2.75. The fraction of sp³-hybridized carbons (Fsp3) is 0.444. The molecule has 0 bridgehead atoms. The van der Waals surface area contributed by atoms with Crippen molar-refractivity contribution in [3.8, 4) is 0 Å². The fourth-order valence-corrected chi connectivity index (χ4v) is 3.44. The summed E-state index contributed by atoms with van der Waals surface area (Å²) in [5.41, 5.74) is 4.41. The van der Waals surface area contributed by atoms with Crippen LogP contribution in [-0.4, -0.2) is 9.67 Å². The minimum absolute atomic E-state index is 0.0941. The van der Waals surface area contributed by atoms with Crippen molar-refractivity contribution in [2.75, 3.05) is 0 Å². The van der Waals surface area contributed by atoms with Crippen molar-refractivity contribution in [3.63, 3.8) is 0 Å². The Bertz CT molecular complexity index is 672. The van der Waals surface area contributed by atoms with Gasteiger partial charge >= 0.3 is 0 Å². The van der Waals surface area contributed by atoms with Gasteiger partial charge in [-0.25, -0.2) is 4.39 Å². The first-order valence-electron chi connectivity index (χ1n) is 7.47. The lowest BCUT2D eigenvalue weighted by molar-refractivity contribution is 0.0981. The molecule has 0 aliphatic heterocycles. The molecule has 21 heavy (non-hydrogen) atoms. The topological polar surface area (TPSA) is 25.2 Å². The van der Waals surface area contributed by atoms with Crippen molar-refractivity contribution in [2.24, 2.45) is 5.41 Å². The van der Waals surface area contributed by atoms with E-state index in [2.05, 4.69) is 31.4 Å². The molecule has 1 N–H and O–H groups in total. The summed E-state index contributed by atoms with van der Waals surface area (Å²) in [6.45, 7) is 7.08. The van der Waals surface area contributed by atoms with Crippen LogP contribution >= 0.6 is 0 Å². The first-order chi connectivity index (χ1) is 9.85. The molecular formula is C18H22FNO. The van der Waals surface area contributed by atoms with Crippen molar-refractivity contribution in [2.45, 2.75) is 46.3 Å². The molecule has 0 saturated carbocycles. The molecule has 0 saturated heterocycles. The quantitative estimate of drug-likeness (QED) is 0.887. The second kappa shape index (κ2) is 4.99. The molecule has 1 unspecified atom stereocenters. The maximum absolute atomic E-state index is 13.4. The van der Waals surface area contributed by atoms with Crippen LogP contribution in [0.1, 0.15) is 48.9 Å². The van der Waals surface area contributed by atoms with Crippen LogP contribution in [0.3, 0.4) is 0 Å². The van der Waals surface area contributed by atoms with Gasteiger partial charge in [0, 0.05) is 23.5 Å². The van der Waals surface area contributed by atoms with Crippen LogP contribution in [0.15, 0.2) is 30.3 Å². The van der Waals surface area contributed by atoms with Crippen LogP contribution in [-0.2, 0) is 13.0 Å². The summed E-state index contributed by atoms with van der Waals surface area (Å²) in [7, 11) is 0. The Morgan fingerprint density at radius 3 is 2.81 bits per heavy atom. The van der Waals surface area contributed by atoms with Gasteiger partial charge in [-0.1, -0.05) is 26.0 Å². The highest BCUT2D eigenvalue weighted by atomic mass is 19.1. The van der Waals surface area contributed by atoms with Crippen LogP contribution in [0.25, 0.3) is 0 Å². The number of aliphatic hydroxyl groups is 1. The van der Waals surface area contributed by atoms with E-state index < -0.39 is 6.10 Å². The van der Waals surface area contributed by atoms with E-state index in [1.165, 1.54) is 11.8 Å². The molecule has 1 aromatic heterocycles. The van der Waals surface area contributed by atoms with Crippen LogP contribution in [0.5, 0.6) is 0 Å². The van der Waals surface area contributed by atoms with Gasteiger partial charge in [0.05, 0.1) is 6.10 Å². The zero-order valence-corrected chi connectivity index (χ0v) is 12.9. The minimum Gasteiger partial charge on any atom is -0.388 e. The molecule has 0 radical (unpaired) electrons. The molecule has 2 aromatic rings. The average Bonchev–Trinajstić information content (AvgIpc) is 2.66. The molecule has 1 heterocycles. The zero-order chi connectivity index (χ0) is 15.2. The molecule has 0 amide bonds. The monoisotopic (exact) mass is 287 g/mol. The normalized spacial score (nSPS) is 20.3. The van der Waals surface area contributed by atoms with Gasteiger partial charge in [-0.05, 0) is 48.9 Å². The largest absolute Gasteiger partial charge is 0.388 e. The summed E-state index contributed by atoms with van der Waals surface area (Å²) < 4.78 is 15.6. The average molecular weight is 287 g/mol. The Labute approximate surface area is 125 Å². The van der Waals surface area contributed by atoms with Gasteiger partial charge in [0.2, 0.25) is 0 Å². The van der Waals surface area contributed by atoms with Gasteiger partial charge in [0.25, 0.3) is 0 Å². The van der Waals surface area contributed by atoms with E-state index in [0.29, 0.717) is 6.54 Å². The van der Waals surface area contributed by atoms with E-state index in [0.717, 1.165) is 29.7 Å². The summed E-state index contributed by atoms with van der Waals surface area (Å²) in [6.07, 6.45) is 1.35. The smallest absolute Gasteiger partial charge is 0.123 e. The van der Waals surface area contributed by atoms with Gasteiger partial charge in [0.1, 0.15) is 5.82 Å². The third-order valence-corrected chi connectivity index (χ3v) is 4.43. The molecule has 0 spiro atoms.